The molecule has 5 nitrogen and oxygen atoms in total. The number of urea groups is 1. The largest absolute Gasteiger partial charge is 0.383 e. The SMILES string of the molecule is CCCC1N(CCOC)C(=O)N(CCOC)C1(CCC)CCC. The summed E-state index contributed by atoms with van der Waals surface area (Å²) in [4.78, 5) is 17.3. The molecule has 1 fully saturated rings. The molecule has 0 aromatic rings. The molecular weight excluding hydrogens is 292 g/mol. The number of carbonyl (C=O) groups is 1. The summed E-state index contributed by atoms with van der Waals surface area (Å²) in [6, 6.07) is 0.450. The summed E-state index contributed by atoms with van der Waals surface area (Å²) in [5.74, 6) is 0. The predicted molar refractivity (Wildman–Crippen MR) is 93.8 cm³/mol. The molecule has 23 heavy (non-hydrogen) atoms. The molecule has 0 radical (unpaired) electrons. The minimum atomic E-state index is -0.0527. The van der Waals surface area contributed by atoms with Crippen molar-refractivity contribution >= 4 is 6.03 Å². The van der Waals surface area contributed by atoms with Crippen LogP contribution in [0.4, 0.5) is 4.79 Å². The number of nitrogens with zero attached hydrogens (tertiary/aromatic N) is 2. The van der Waals surface area contributed by atoms with Crippen molar-refractivity contribution in [3.05, 3.63) is 0 Å². The van der Waals surface area contributed by atoms with Gasteiger partial charge in [-0.2, -0.15) is 0 Å². The maximum atomic E-state index is 13.1. The molecule has 0 N–H and O–H groups in total. The fourth-order valence-corrected chi connectivity index (χ4v) is 4.18. The highest BCUT2D eigenvalue weighted by Gasteiger charge is 2.54. The van der Waals surface area contributed by atoms with E-state index in [9.17, 15) is 4.79 Å². The van der Waals surface area contributed by atoms with Gasteiger partial charge in [0.15, 0.2) is 0 Å². The molecule has 1 heterocycles. The predicted octanol–water partition coefficient (Wildman–Crippen LogP) is 3.52. The van der Waals surface area contributed by atoms with Gasteiger partial charge in [0.25, 0.3) is 0 Å². The second-order valence-electron chi connectivity index (χ2n) is 6.52. The van der Waals surface area contributed by atoms with Gasteiger partial charge in [0, 0.05) is 27.3 Å². The van der Waals surface area contributed by atoms with Gasteiger partial charge in [-0.1, -0.05) is 40.0 Å². The molecule has 0 aromatic heterocycles. The number of ether oxygens (including phenoxy) is 2. The van der Waals surface area contributed by atoms with E-state index in [0.29, 0.717) is 26.3 Å². The Hall–Kier alpha value is -0.810. The Kier molecular flexibility index (Phi) is 8.92. The van der Waals surface area contributed by atoms with E-state index in [1.54, 1.807) is 14.2 Å². The molecule has 136 valence electrons. The summed E-state index contributed by atoms with van der Waals surface area (Å²) in [5.41, 5.74) is -0.0527. The lowest BCUT2D eigenvalue weighted by atomic mass is 9.79. The molecule has 0 aliphatic carbocycles. The van der Waals surface area contributed by atoms with E-state index < -0.39 is 0 Å². The van der Waals surface area contributed by atoms with Crippen LogP contribution < -0.4 is 0 Å². The smallest absolute Gasteiger partial charge is 0.321 e. The molecule has 1 unspecified atom stereocenters. The number of hydrogen-bond acceptors (Lipinski definition) is 3. The third-order valence-electron chi connectivity index (χ3n) is 4.99. The summed E-state index contributed by atoms with van der Waals surface area (Å²) >= 11 is 0. The molecule has 0 spiro atoms. The Labute approximate surface area is 142 Å². The summed E-state index contributed by atoms with van der Waals surface area (Å²) in [6.07, 6.45) is 6.45. The van der Waals surface area contributed by atoms with Gasteiger partial charge in [0.1, 0.15) is 0 Å². The van der Waals surface area contributed by atoms with Crippen molar-refractivity contribution < 1.29 is 14.3 Å². The fourth-order valence-electron chi connectivity index (χ4n) is 4.18. The Morgan fingerprint density at radius 1 is 0.957 bits per heavy atom. The second-order valence-corrected chi connectivity index (χ2v) is 6.52. The number of methoxy groups -OCH3 is 2. The van der Waals surface area contributed by atoms with Crippen molar-refractivity contribution in [3.63, 3.8) is 0 Å². The Morgan fingerprint density at radius 3 is 2.00 bits per heavy atom. The molecule has 5 heteroatoms. The highest BCUT2D eigenvalue weighted by Crippen LogP contribution is 2.42. The molecule has 1 aliphatic rings. The first-order valence-corrected chi connectivity index (χ1v) is 9.18. The van der Waals surface area contributed by atoms with Crippen molar-refractivity contribution in [2.24, 2.45) is 0 Å². The van der Waals surface area contributed by atoms with Crippen molar-refractivity contribution in [1.29, 1.82) is 0 Å². The van der Waals surface area contributed by atoms with E-state index in [1.165, 1.54) is 0 Å². The van der Waals surface area contributed by atoms with Gasteiger partial charge >= 0.3 is 6.03 Å². The first-order chi connectivity index (χ1) is 11.1. The lowest BCUT2D eigenvalue weighted by molar-refractivity contribution is 0.0739. The number of amides is 2. The van der Waals surface area contributed by atoms with E-state index >= 15 is 0 Å². The molecule has 1 atom stereocenters. The number of carbonyl (C=O) groups excluding carboxylic acids is 1. The van der Waals surface area contributed by atoms with E-state index in [0.717, 1.165) is 38.5 Å². The van der Waals surface area contributed by atoms with Crippen LogP contribution in [0.1, 0.15) is 59.3 Å². The first-order valence-electron chi connectivity index (χ1n) is 9.18. The van der Waals surface area contributed by atoms with Crippen LogP contribution in [0.25, 0.3) is 0 Å². The average molecular weight is 328 g/mol. The van der Waals surface area contributed by atoms with Crippen LogP contribution in [0.2, 0.25) is 0 Å². The normalized spacial score (nSPS) is 20.6. The number of hydrogen-bond donors (Lipinski definition) is 0. The summed E-state index contributed by atoms with van der Waals surface area (Å²) in [5, 5.41) is 0. The van der Waals surface area contributed by atoms with Gasteiger partial charge < -0.3 is 19.3 Å². The first kappa shape index (κ1) is 20.2. The van der Waals surface area contributed by atoms with Crippen LogP contribution in [0.15, 0.2) is 0 Å². The quantitative estimate of drug-likeness (QED) is 0.550. The molecule has 0 bridgehead atoms. The van der Waals surface area contributed by atoms with Crippen LogP contribution >= 0.6 is 0 Å². The van der Waals surface area contributed by atoms with E-state index in [1.807, 2.05) is 0 Å². The Bertz CT molecular complexity index is 343. The maximum absolute atomic E-state index is 13.1. The molecule has 0 aromatic carbocycles. The van der Waals surface area contributed by atoms with Gasteiger partial charge in [-0.3, -0.25) is 0 Å². The summed E-state index contributed by atoms with van der Waals surface area (Å²) < 4.78 is 10.5. The van der Waals surface area contributed by atoms with Crippen LogP contribution in [0.3, 0.4) is 0 Å². The standard InChI is InChI=1S/C18H36N2O3/c1-6-9-16-18(10-7-2,11-8-3)20(13-15-23-5)17(21)19(16)12-14-22-4/h16H,6-15H2,1-5H3. The van der Waals surface area contributed by atoms with E-state index in [4.69, 9.17) is 9.47 Å². The lowest BCUT2D eigenvalue weighted by Crippen LogP contribution is -2.52. The molecular formula is C18H36N2O3. The second kappa shape index (κ2) is 10.1. The molecule has 0 saturated carbocycles. The number of rotatable bonds is 12. The topological polar surface area (TPSA) is 42.0 Å². The lowest BCUT2D eigenvalue weighted by Gasteiger charge is -2.42. The summed E-state index contributed by atoms with van der Waals surface area (Å²) in [7, 11) is 3.40. The van der Waals surface area contributed by atoms with Crippen molar-refractivity contribution in [1.82, 2.24) is 9.80 Å². The molecule has 2 amide bonds. The van der Waals surface area contributed by atoms with Crippen molar-refractivity contribution in [3.8, 4) is 0 Å². The summed E-state index contributed by atoms with van der Waals surface area (Å²) in [6.45, 7) is 9.20. The zero-order valence-corrected chi connectivity index (χ0v) is 15.8. The van der Waals surface area contributed by atoms with Crippen LogP contribution in [-0.2, 0) is 9.47 Å². The van der Waals surface area contributed by atoms with Gasteiger partial charge in [-0.25, -0.2) is 4.79 Å². The van der Waals surface area contributed by atoms with Gasteiger partial charge in [0.2, 0.25) is 0 Å². The minimum absolute atomic E-state index is 0.0527. The van der Waals surface area contributed by atoms with E-state index in [-0.39, 0.29) is 17.6 Å². The van der Waals surface area contributed by atoms with Crippen LogP contribution in [-0.4, -0.2) is 67.9 Å². The van der Waals surface area contributed by atoms with Gasteiger partial charge in [0.05, 0.1) is 24.8 Å². The highest BCUT2D eigenvalue weighted by atomic mass is 16.5. The van der Waals surface area contributed by atoms with Crippen LogP contribution in [0, 0.1) is 0 Å². The van der Waals surface area contributed by atoms with Gasteiger partial charge in [-0.15, -0.1) is 0 Å². The Balaban J connectivity index is 3.18. The average Bonchev–Trinajstić information content (AvgIpc) is 2.73. The fraction of sp³-hybridized carbons (Fsp3) is 0.944. The van der Waals surface area contributed by atoms with Crippen LogP contribution in [0.5, 0.6) is 0 Å². The third kappa shape index (κ3) is 4.38. The maximum Gasteiger partial charge on any atom is 0.321 e. The molecule has 1 aliphatic heterocycles. The van der Waals surface area contributed by atoms with Crippen molar-refractivity contribution in [2.45, 2.75) is 70.9 Å². The third-order valence-corrected chi connectivity index (χ3v) is 4.99. The van der Waals surface area contributed by atoms with Gasteiger partial charge in [-0.05, 0) is 19.3 Å². The Morgan fingerprint density at radius 2 is 1.52 bits per heavy atom. The minimum Gasteiger partial charge on any atom is -0.383 e. The highest BCUT2D eigenvalue weighted by molar-refractivity contribution is 5.79. The molecule has 1 saturated heterocycles. The molecule has 1 rings (SSSR count). The zero-order chi connectivity index (χ0) is 17.3. The van der Waals surface area contributed by atoms with Crippen molar-refractivity contribution in [2.75, 3.05) is 40.5 Å². The van der Waals surface area contributed by atoms with E-state index in [2.05, 4.69) is 30.6 Å². The zero-order valence-electron chi connectivity index (χ0n) is 15.8. The monoisotopic (exact) mass is 328 g/mol.